The summed E-state index contributed by atoms with van der Waals surface area (Å²) in [5.41, 5.74) is 3.00. The molecule has 0 aliphatic carbocycles. The van der Waals surface area contributed by atoms with Gasteiger partial charge >= 0.3 is 0 Å². The molecule has 0 bridgehead atoms. The van der Waals surface area contributed by atoms with E-state index in [2.05, 4.69) is 10.3 Å². The number of phenols is 1. The van der Waals surface area contributed by atoms with Gasteiger partial charge in [-0.2, -0.15) is 0 Å². The Bertz CT molecular complexity index is 1240. The average Bonchev–Trinajstić information content (AvgIpc) is 3.39. The van der Waals surface area contributed by atoms with Crippen LogP contribution in [0.15, 0.2) is 91.3 Å². The molecule has 0 saturated carbocycles. The molecule has 2 aromatic heterocycles. The molecule has 2 aromatic carbocycles. The van der Waals surface area contributed by atoms with Crippen molar-refractivity contribution < 1.29 is 9.50 Å². The van der Waals surface area contributed by atoms with E-state index in [9.17, 15) is 9.50 Å². The van der Waals surface area contributed by atoms with Crippen molar-refractivity contribution in [3.8, 4) is 11.4 Å². The molecule has 7 heteroatoms. The van der Waals surface area contributed by atoms with Crippen LogP contribution in [-0.4, -0.2) is 19.8 Å². The lowest BCUT2D eigenvalue weighted by Gasteiger charge is -2.29. The second-order valence-electron chi connectivity index (χ2n) is 7.27. The summed E-state index contributed by atoms with van der Waals surface area (Å²) in [5, 5.41) is 14.4. The van der Waals surface area contributed by atoms with Crippen molar-refractivity contribution in [1.82, 2.24) is 14.9 Å². The molecular weight excluding hydrogens is 411 g/mol. The van der Waals surface area contributed by atoms with Crippen LogP contribution in [0.5, 0.6) is 5.75 Å². The van der Waals surface area contributed by atoms with Crippen molar-refractivity contribution in [2.24, 2.45) is 0 Å². The number of hydrogen-bond donors (Lipinski definition) is 2. The second kappa shape index (κ2) is 7.85. The van der Waals surface area contributed by atoms with Gasteiger partial charge in [0.2, 0.25) is 0 Å². The fraction of sp³-hybridized carbons (Fsp3) is 0.0833. The number of pyridine rings is 1. The van der Waals surface area contributed by atoms with Crippen LogP contribution in [0, 0.1) is 5.82 Å². The Labute approximate surface area is 184 Å². The van der Waals surface area contributed by atoms with Crippen molar-refractivity contribution in [2.75, 3.05) is 4.90 Å². The SMILES string of the molecule is Oc1ccccc1N1C(=S)N[C@H](c2ccccn2)[C@H]1c1cccn1-c1cccc(F)c1. The molecule has 5 rings (SSSR count). The average molecular weight is 431 g/mol. The molecule has 0 unspecified atom stereocenters. The zero-order valence-electron chi connectivity index (χ0n) is 16.4. The number of aromatic nitrogens is 2. The maximum atomic E-state index is 14.0. The smallest absolute Gasteiger partial charge is 0.174 e. The van der Waals surface area contributed by atoms with E-state index in [1.807, 2.05) is 64.2 Å². The minimum atomic E-state index is -0.325. The molecule has 0 radical (unpaired) electrons. The fourth-order valence-corrected chi connectivity index (χ4v) is 4.42. The standard InChI is InChI=1S/C24H19FN4OS/c25-16-7-5-8-17(15-16)28-14-6-11-20(28)23-22(18-9-3-4-13-26-18)27-24(31)29(23)19-10-1-2-12-21(19)30/h1-15,22-23,30H,(H,27,31)/t22-,23-/m1/s1. The third-order valence-electron chi connectivity index (χ3n) is 5.41. The first kappa shape index (κ1) is 19.3. The molecule has 1 fully saturated rings. The number of anilines is 1. The molecule has 4 aromatic rings. The number of aromatic hydroxyl groups is 1. The van der Waals surface area contributed by atoms with Crippen LogP contribution >= 0.6 is 12.2 Å². The van der Waals surface area contributed by atoms with Gasteiger partial charge in [0.15, 0.2) is 5.11 Å². The highest BCUT2D eigenvalue weighted by Crippen LogP contribution is 2.44. The van der Waals surface area contributed by atoms with Gasteiger partial charge in [0, 0.05) is 23.8 Å². The van der Waals surface area contributed by atoms with Crippen LogP contribution in [0.1, 0.15) is 23.5 Å². The third kappa shape index (κ3) is 3.43. The van der Waals surface area contributed by atoms with E-state index in [0.29, 0.717) is 16.5 Å². The van der Waals surface area contributed by atoms with Gasteiger partial charge in [-0.1, -0.05) is 24.3 Å². The highest BCUT2D eigenvalue weighted by molar-refractivity contribution is 7.80. The number of rotatable bonds is 4. The molecule has 1 saturated heterocycles. The summed E-state index contributed by atoms with van der Waals surface area (Å²) in [4.78, 5) is 6.44. The van der Waals surface area contributed by atoms with Crippen LogP contribution in [0.3, 0.4) is 0 Å². The zero-order chi connectivity index (χ0) is 21.4. The van der Waals surface area contributed by atoms with E-state index in [0.717, 1.165) is 11.4 Å². The first-order valence-electron chi connectivity index (χ1n) is 9.85. The first-order valence-corrected chi connectivity index (χ1v) is 10.3. The summed E-state index contributed by atoms with van der Waals surface area (Å²) >= 11 is 5.70. The minimum Gasteiger partial charge on any atom is -0.506 e. The van der Waals surface area contributed by atoms with E-state index >= 15 is 0 Å². The maximum Gasteiger partial charge on any atom is 0.174 e. The number of hydrogen-bond acceptors (Lipinski definition) is 3. The van der Waals surface area contributed by atoms with Gasteiger partial charge in [0.1, 0.15) is 17.6 Å². The molecule has 0 amide bonds. The topological polar surface area (TPSA) is 53.3 Å². The Hall–Kier alpha value is -3.71. The summed E-state index contributed by atoms with van der Waals surface area (Å²) in [6.07, 6.45) is 3.63. The summed E-state index contributed by atoms with van der Waals surface area (Å²) in [6, 6.07) is 22.6. The maximum absolute atomic E-state index is 14.0. The van der Waals surface area contributed by atoms with E-state index in [4.69, 9.17) is 12.2 Å². The summed E-state index contributed by atoms with van der Waals surface area (Å²) < 4.78 is 15.9. The van der Waals surface area contributed by atoms with Crippen molar-refractivity contribution in [3.63, 3.8) is 0 Å². The lowest BCUT2D eigenvalue weighted by Crippen LogP contribution is -2.30. The molecule has 0 spiro atoms. The van der Waals surface area contributed by atoms with Gasteiger partial charge in [-0.15, -0.1) is 0 Å². The molecule has 154 valence electrons. The predicted octanol–water partition coefficient (Wildman–Crippen LogP) is 4.89. The Morgan fingerprint density at radius 3 is 2.58 bits per heavy atom. The largest absolute Gasteiger partial charge is 0.506 e. The number of benzene rings is 2. The zero-order valence-corrected chi connectivity index (χ0v) is 17.2. The Morgan fingerprint density at radius 1 is 0.968 bits per heavy atom. The van der Waals surface area contributed by atoms with Crippen LogP contribution in [-0.2, 0) is 0 Å². The quantitative estimate of drug-likeness (QED) is 0.452. The number of nitrogens with one attached hydrogen (secondary N) is 1. The van der Waals surface area contributed by atoms with Crippen molar-refractivity contribution >= 4 is 23.0 Å². The summed E-state index contributed by atoms with van der Waals surface area (Å²) in [5.74, 6) is -0.182. The Morgan fingerprint density at radius 2 is 1.81 bits per heavy atom. The predicted molar refractivity (Wildman–Crippen MR) is 122 cm³/mol. The van der Waals surface area contributed by atoms with Crippen molar-refractivity contribution in [2.45, 2.75) is 12.1 Å². The lowest BCUT2D eigenvalue weighted by molar-refractivity contribution is 0.472. The van der Waals surface area contributed by atoms with Crippen LogP contribution in [0.25, 0.3) is 5.69 Å². The van der Waals surface area contributed by atoms with Gasteiger partial charge in [-0.3, -0.25) is 4.98 Å². The molecule has 2 N–H and O–H groups in total. The van der Waals surface area contributed by atoms with Gasteiger partial charge < -0.3 is 19.9 Å². The van der Waals surface area contributed by atoms with E-state index < -0.39 is 0 Å². The van der Waals surface area contributed by atoms with Crippen LogP contribution in [0.2, 0.25) is 0 Å². The van der Waals surface area contributed by atoms with Gasteiger partial charge in [-0.25, -0.2) is 4.39 Å². The van der Waals surface area contributed by atoms with E-state index in [-0.39, 0.29) is 23.7 Å². The number of phenolic OH excluding ortho intramolecular Hbond substituents is 1. The molecule has 1 aliphatic heterocycles. The molecular formula is C24H19FN4OS. The highest BCUT2D eigenvalue weighted by Gasteiger charge is 2.42. The number of halogens is 1. The Kier molecular flexibility index (Phi) is 4.88. The Balaban J connectivity index is 1.69. The van der Waals surface area contributed by atoms with Gasteiger partial charge in [0.25, 0.3) is 0 Å². The van der Waals surface area contributed by atoms with E-state index in [1.165, 1.54) is 12.1 Å². The number of thiocarbonyl (C=S) groups is 1. The first-order chi connectivity index (χ1) is 15.1. The second-order valence-corrected chi connectivity index (χ2v) is 7.65. The molecule has 31 heavy (non-hydrogen) atoms. The number of nitrogens with zero attached hydrogens (tertiary/aromatic N) is 3. The molecule has 1 aliphatic rings. The van der Waals surface area contributed by atoms with Crippen LogP contribution < -0.4 is 10.2 Å². The monoisotopic (exact) mass is 430 g/mol. The van der Waals surface area contributed by atoms with Crippen molar-refractivity contribution in [1.29, 1.82) is 0 Å². The van der Waals surface area contributed by atoms with Gasteiger partial charge in [0.05, 0.1) is 17.4 Å². The normalized spacial score (nSPS) is 18.2. The lowest BCUT2D eigenvalue weighted by atomic mass is 10.0. The molecule has 2 atom stereocenters. The summed E-state index contributed by atoms with van der Waals surface area (Å²) in [6.45, 7) is 0. The minimum absolute atomic E-state index is 0.127. The van der Waals surface area contributed by atoms with E-state index in [1.54, 1.807) is 24.4 Å². The van der Waals surface area contributed by atoms with Crippen LogP contribution in [0.4, 0.5) is 10.1 Å². The molecule has 3 heterocycles. The fourth-order valence-electron chi connectivity index (χ4n) is 4.08. The van der Waals surface area contributed by atoms with Crippen molar-refractivity contribution in [3.05, 3.63) is 108 Å². The highest BCUT2D eigenvalue weighted by atomic mass is 32.1. The van der Waals surface area contributed by atoms with Gasteiger partial charge in [-0.05, 0) is 66.8 Å². The molecule has 5 nitrogen and oxygen atoms in total. The number of para-hydroxylation sites is 2. The summed E-state index contributed by atoms with van der Waals surface area (Å²) in [7, 11) is 0. The third-order valence-corrected chi connectivity index (χ3v) is 5.72.